The van der Waals surface area contributed by atoms with Crippen molar-refractivity contribution in [3.8, 4) is 0 Å². The van der Waals surface area contributed by atoms with Crippen LogP contribution in [0.2, 0.25) is 0 Å². The minimum Gasteiger partial charge on any atom is -0.462 e. The van der Waals surface area contributed by atoms with Crippen molar-refractivity contribution in [1.29, 1.82) is 0 Å². The maximum Gasteiger partial charge on any atom is 0.340 e. The Balaban J connectivity index is 1.77. The van der Waals surface area contributed by atoms with Gasteiger partial charge in [-0.2, -0.15) is 0 Å². The first-order chi connectivity index (χ1) is 12.9. The van der Waals surface area contributed by atoms with E-state index in [1.165, 1.54) is 5.56 Å². The molecule has 2 aromatic heterocycles. The maximum absolute atomic E-state index is 12.6. The average molecular weight is 370 g/mol. The van der Waals surface area contributed by atoms with E-state index in [0.29, 0.717) is 24.6 Å². The topological polar surface area (TPSA) is 66.0 Å². The molecule has 146 valence electrons. The number of esters is 1. The molecule has 1 atom stereocenters. The van der Waals surface area contributed by atoms with Gasteiger partial charge in [0.2, 0.25) is 0 Å². The molecule has 3 heterocycles. The van der Waals surface area contributed by atoms with E-state index in [1.54, 1.807) is 0 Å². The highest BCUT2D eigenvalue weighted by Crippen LogP contribution is 2.49. The lowest BCUT2D eigenvalue weighted by Gasteiger charge is -2.35. The third-order valence-electron chi connectivity index (χ3n) is 6.21. The van der Waals surface area contributed by atoms with Crippen LogP contribution < -0.4 is 5.73 Å². The van der Waals surface area contributed by atoms with E-state index in [0.717, 1.165) is 43.5 Å². The van der Waals surface area contributed by atoms with Crippen LogP contribution in [-0.4, -0.2) is 35.7 Å². The Morgan fingerprint density at radius 1 is 1.37 bits per heavy atom. The van der Waals surface area contributed by atoms with Crippen LogP contribution >= 0.6 is 0 Å². The average Bonchev–Trinajstić information content (AvgIpc) is 3.33. The molecule has 1 saturated heterocycles. The highest BCUT2D eigenvalue weighted by atomic mass is 16.5. The van der Waals surface area contributed by atoms with Gasteiger partial charge in [0.15, 0.2) is 0 Å². The Bertz CT molecular complexity index is 864. The summed E-state index contributed by atoms with van der Waals surface area (Å²) in [7, 11) is 0. The van der Waals surface area contributed by atoms with Crippen LogP contribution in [0, 0.1) is 0 Å². The first kappa shape index (κ1) is 18.5. The smallest absolute Gasteiger partial charge is 0.340 e. The van der Waals surface area contributed by atoms with Crippen molar-refractivity contribution < 1.29 is 14.3 Å². The largest absolute Gasteiger partial charge is 0.462 e. The highest BCUT2D eigenvalue weighted by Gasteiger charge is 2.47. The molecule has 1 saturated carbocycles. The van der Waals surface area contributed by atoms with Gasteiger partial charge in [-0.25, -0.2) is 4.79 Å². The van der Waals surface area contributed by atoms with Crippen LogP contribution in [-0.2, 0) is 14.9 Å². The van der Waals surface area contributed by atoms with E-state index in [9.17, 15) is 4.79 Å². The second-order valence-electron chi connectivity index (χ2n) is 8.66. The molecule has 0 radical (unpaired) electrons. The zero-order valence-corrected chi connectivity index (χ0v) is 16.6. The molecule has 0 amide bonds. The Morgan fingerprint density at radius 3 is 2.78 bits per heavy atom. The van der Waals surface area contributed by atoms with Gasteiger partial charge in [0.1, 0.15) is 0 Å². The van der Waals surface area contributed by atoms with Crippen molar-refractivity contribution in [3.05, 3.63) is 41.2 Å². The summed E-state index contributed by atoms with van der Waals surface area (Å²) in [6, 6.07) is 6.41. The minimum absolute atomic E-state index is 0.0866. The fourth-order valence-corrected chi connectivity index (χ4v) is 4.56. The number of hydrogen-bond acceptors (Lipinski definition) is 4. The number of carbonyl (C=O) groups is 1. The lowest BCUT2D eigenvalue weighted by Crippen LogP contribution is -2.33. The summed E-state index contributed by atoms with van der Waals surface area (Å²) in [6.45, 7) is 7.88. The summed E-state index contributed by atoms with van der Waals surface area (Å²) >= 11 is 0. The molecule has 2 aliphatic rings. The van der Waals surface area contributed by atoms with Gasteiger partial charge < -0.3 is 19.6 Å². The molecule has 0 aromatic carbocycles. The normalized spacial score (nSPS) is 23.3. The van der Waals surface area contributed by atoms with E-state index >= 15 is 0 Å². The molecule has 27 heavy (non-hydrogen) atoms. The predicted molar refractivity (Wildman–Crippen MR) is 105 cm³/mol. The van der Waals surface area contributed by atoms with Gasteiger partial charge >= 0.3 is 5.97 Å². The molecule has 2 fully saturated rings. The van der Waals surface area contributed by atoms with E-state index in [1.807, 2.05) is 13.0 Å². The monoisotopic (exact) mass is 370 g/mol. The number of fused-ring (bicyclic) bond motifs is 1. The Morgan fingerprint density at radius 2 is 2.15 bits per heavy atom. The molecule has 5 heteroatoms. The van der Waals surface area contributed by atoms with Crippen molar-refractivity contribution in [2.24, 2.45) is 5.73 Å². The lowest BCUT2D eigenvalue weighted by molar-refractivity contribution is -0.0593. The van der Waals surface area contributed by atoms with E-state index < -0.39 is 0 Å². The molecule has 2 aromatic rings. The molecule has 1 aliphatic heterocycles. The number of ether oxygens (including phenoxy) is 2. The van der Waals surface area contributed by atoms with Gasteiger partial charge in [-0.05, 0) is 76.1 Å². The molecule has 4 rings (SSSR count). The molecule has 5 nitrogen and oxygen atoms in total. The molecule has 0 spiro atoms. The molecule has 0 bridgehead atoms. The maximum atomic E-state index is 12.6. The Hall–Kier alpha value is -1.85. The molecular formula is C22H30N2O3. The Labute approximate surface area is 160 Å². The van der Waals surface area contributed by atoms with Crippen molar-refractivity contribution in [3.63, 3.8) is 0 Å². The third kappa shape index (κ3) is 3.27. The summed E-state index contributed by atoms with van der Waals surface area (Å²) < 4.78 is 13.4. The SMILES string of the molecule is CCOC(=O)c1cc2cc(C3CCOC(C)(C)C3)ccn2c1C1(CN)CC1. The van der Waals surface area contributed by atoms with Crippen LogP contribution in [0.25, 0.3) is 5.52 Å². The fraction of sp³-hybridized carbons (Fsp3) is 0.591. The second kappa shape index (κ2) is 6.64. The number of carbonyl (C=O) groups excluding carboxylic acids is 1. The van der Waals surface area contributed by atoms with Crippen molar-refractivity contribution in [1.82, 2.24) is 4.40 Å². The number of nitrogens with two attached hydrogens (primary N) is 1. The zero-order valence-electron chi connectivity index (χ0n) is 16.6. The molecule has 1 unspecified atom stereocenters. The standard InChI is InChI=1S/C22H30N2O3/c1-4-26-20(25)18-12-17-11-15(16-6-10-27-21(2,3)13-16)5-9-24(17)19(18)22(14-23)7-8-22/h5,9,11-12,16H,4,6-8,10,13-14,23H2,1-3H3. The summed E-state index contributed by atoms with van der Waals surface area (Å²) in [4.78, 5) is 12.6. The highest BCUT2D eigenvalue weighted by molar-refractivity contribution is 5.93. The quantitative estimate of drug-likeness (QED) is 0.814. The number of nitrogens with zero attached hydrogens (tertiary/aromatic N) is 1. The first-order valence-electron chi connectivity index (χ1n) is 10.1. The number of aromatic nitrogens is 1. The first-order valence-corrected chi connectivity index (χ1v) is 10.1. The van der Waals surface area contributed by atoms with Crippen LogP contribution in [0.3, 0.4) is 0 Å². The van der Waals surface area contributed by atoms with E-state index in [4.69, 9.17) is 15.2 Å². The van der Waals surface area contributed by atoms with Gasteiger partial charge in [0, 0.05) is 36.0 Å². The number of hydrogen-bond donors (Lipinski definition) is 1. The van der Waals surface area contributed by atoms with E-state index in [-0.39, 0.29) is 17.0 Å². The van der Waals surface area contributed by atoms with Crippen LogP contribution in [0.4, 0.5) is 0 Å². The predicted octanol–water partition coefficient (Wildman–Crippen LogP) is 3.78. The van der Waals surface area contributed by atoms with Gasteiger partial charge in [-0.3, -0.25) is 0 Å². The van der Waals surface area contributed by atoms with Gasteiger partial charge in [-0.1, -0.05) is 0 Å². The molecular weight excluding hydrogens is 340 g/mol. The van der Waals surface area contributed by atoms with E-state index in [2.05, 4.69) is 36.6 Å². The van der Waals surface area contributed by atoms with Crippen LogP contribution in [0.5, 0.6) is 0 Å². The van der Waals surface area contributed by atoms with Gasteiger partial charge in [0.05, 0.1) is 17.8 Å². The third-order valence-corrected chi connectivity index (χ3v) is 6.21. The minimum atomic E-state index is -0.246. The van der Waals surface area contributed by atoms with Gasteiger partial charge in [-0.15, -0.1) is 0 Å². The summed E-state index contributed by atoms with van der Waals surface area (Å²) in [5.74, 6) is 0.234. The fourth-order valence-electron chi connectivity index (χ4n) is 4.56. The lowest BCUT2D eigenvalue weighted by atomic mass is 9.84. The van der Waals surface area contributed by atoms with Gasteiger partial charge in [0.25, 0.3) is 0 Å². The second-order valence-corrected chi connectivity index (χ2v) is 8.66. The van der Waals surface area contributed by atoms with Crippen molar-refractivity contribution in [2.45, 2.75) is 63.4 Å². The van der Waals surface area contributed by atoms with Crippen LogP contribution in [0.15, 0.2) is 24.4 Å². The molecule has 2 N–H and O–H groups in total. The van der Waals surface area contributed by atoms with Crippen LogP contribution in [0.1, 0.15) is 74.0 Å². The van der Waals surface area contributed by atoms with Crippen molar-refractivity contribution in [2.75, 3.05) is 19.8 Å². The Kier molecular flexibility index (Phi) is 4.55. The van der Waals surface area contributed by atoms with Crippen molar-refractivity contribution >= 4 is 11.5 Å². The summed E-state index contributed by atoms with van der Waals surface area (Å²) in [6.07, 6.45) is 6.20. The summed E-state index contributed by atoms with van der Waals surface area (Å²) in [5, 5.41) is 0. The molecule has 1 aliphatic carbocycles. The number of rotatable bonds is 5. The zero-order chi connectivity index (χ0) is 19.2. The summed E-state index contributed by atoms with van der Waals surface area (Å²) in [5.41, 5.74) is 9.98. The number of pyridine rings is 1.